The van der Waals surface area contributed by atoms with Crippen molar-refractivity contribution in [3.8, 4) is 0 Å². The molecule has 3 rings (SSSR count). The SMILES string of the molecule is CC1CCCCC1NC(=O)c1cc2ccc([N+](=O)[O-])cc2c(=O)o1. The summed E-state index contributed by atoms with van der Waals surface area (Å²) in [6.07, 6.45) is 4.21. The Morgan fingerprint density at radius 2 is 2.04 bits per heavy atom. The van der Waals surface area contributed by atoms with Crippen LogP contribution in [-0.2, 0) is 0 Å². The molecule has 0 radical (unpaired) electrons. The van der Waals surface area contributed by atoms with Crippen molar-refractivity contribution in [2.45, 2.75) is 38.6 Å². The monoisotopic (exact) mass is 330 g/mol. The highest BCUT2D eigenvalue weighted by Crippen LogP contribution is 2.24. The maximum atomic E-state index is 12.4. The van der Waals surface area contributed by atoms with Crippen molar-refractivity contribution >= 4 is 22.4 Å². The van der Waals surface area contributed by atoms with E-state index in [2.05, 4.69) is 12.2 Å². The molecule has 7 heteroatoms. The predicted molar refractivity (Wildman–Crippen MR) is 88.0 cm³/mol. The molecule has 2 aromatic rings. The normalized spacial score (nSPS) is 20.7. The Labute approximate surface area is 137 Å². The summed E-state index contributed by atoms with van der Waals surface area (Å²) in [4.78, 5) is 34.7. The van der Waals surface area contributed by atoms with Crippen molar-refractivity contribution in [2.75, 3.05) is 0 Å². The minimum Gasteiger partial charge on any atom is -0.417 e. The summed E-state index contributed by atoms with van der Waals surface area (Å²) in [7, 11) is 0. The predicted octanol–water partition coefficient (Wildman–Crippen LogP) is 3.01. The largest absolute Gasteiger partial charge is 0.417 e. The standard InChI is InChI=1S/C17H18N2O5/c1-10-4-2-3-5-14(10)18-16(20)15-8-11-6-7-12(19(22)23)9-13(11)17(21)24-15/h6-10,14H,2-5H2,1H3,(H,18,20). The Kier molecular flexibility index (Phi) is 4.33. The second kappa shape index (κ2) is 6.43. The van der Waals surface area contributed by atoms with Gasteiger partial charge in [0.15, 0.2) is 5.76 Å². The third kappa shape index (κ3) is 3.15. The van der Waals surface area contributed by atoms with Crippen LogP contribution in [0.25, 0.3) is 10.8 Å². The van der Waals surface area contributed by atoms with Crippen LogP contribution >= 0.6 is 0 Å². The zero-order valence-corrected chi connectivity index (χ0v) is 13.3. The van der Waals surface area contributed by atoms with E-state index >= 15 is 0 Å². The molecule has 1 saturated carbocycles. The van der Waals surface area contributed by atoms with Crippen LogP contribution in [0, 0.1) is 16.0 Å². The van der Waals surface area contributed by atoms with Gasteiger partial charge in [0.1, 0.15) is 0 Å². The molecule has 24 heavy (non-hydrogen) atoms. The van der Waals surface area contributed by atoms with E-state index in [4.69, 9.17) is 4.42 Å². The first-order chi connectivity index (χ1) is 11.5. The lowest BCUT2D eigenvalue weighted by Gasteiger charge is -2.29. The average Bonchev–Trinajstić information content (AvgIpc) is 2.56. The summed E-state index contributed by atoms with van der Waals surface area (Å²) in [6, 6.07) is 5.43. The number of nitrogens with zero attached hydrogens (tertiary/aromatic N) is 1. The summed E-state index contributed by atoms with van der Waals surface area (Å²) < 4.78 is 5.07. The van der Waals surface area contributed by atoms with Gasteiger partial charge in [0.25, 0.3) is 11.6 Å². The van der Waals surface area contributed by atoms with Crippen LogP contribution < -0.4 is 10.9 Å². The van der Waals surface area contributed by atoms with Gasteiger partial charge < -0.3 is 9.73 Å². The average molecular weight is 330 g/mol. The van der Waals surface area contributed by atoms with Gasteiger partial charge in [-0.15, -0.1) is 0 Å². The van der Waals surface area contributed by atoms with Crippen molar-refractivity contribution in [2.24, 2.45) is 5.92 Å². The van der Waals surface area contributed by atoms with E-state index in [0.717, 1.165) is 31.7 Å². The molecule has 0 spiro atoms. The van der Waals surface area contributed by atoms with Gasteiger partial charge in [-0.1, -0.05) is 19.8 Å². The molecule has 1 aliphatic rings. The van der Waals surface area contributed by atoms with Crippen molar-refractivity contribution in [3.63, 3.8) is 0 Å². The number of nitrogens with one attached hydrogen (secondary N) is 1. The molecule has 1 amide bonds. The van der Waals surface area contributed by atoms with Crippen LogP contribution in [0.3, 0.4) is 0 Å². The number of carbonyl (C=O) groups excluding carboxylic acids is 1. The molecule has 2 unspecified atom stereocenters. The maximum absolute atomic E-state index is 12.4. The fourth-order valence-corrected chi connectivity index (χ4v) is 3.17. The quantitative estimate of drug-likeness (QED) is 0.688. The number of non-ortho nitro benzene ring substituents is 1. The van der Waals surface area contributed by atoms with Crippen LogP contribution in [0.15, 0.2) is 33.5 Å². The van der Waals surface area contributed by atoms with Crippen LogP contribution in [-0.4, -0.2) is 16.9 Å². The van der Waals surface area contributed by atoms with E-state index in [0.29, 0.717) is 11.3 Å². The number of amides is 1. The Hall–Kier alpha value is -2.70. The molecule has 1 fully saturated rings. The van der Waals surface area contributed by atoms with Crippen molar-refractivity contribution in [1.29, 1.82) is 0 Å². The first kappa shape index (κ1) is 16.2. The van der Waals surface area contributed by atoms with Gasteiger partial charge in [0, 0.05) is 18.2 Å². The number of hydrogen-bond donors (Lipinski definition) is 1. The topological polar surface area (TPSA) is 102 Å². The maximum Gasteiger partial charge on any atom is 0.344 e. The third-order valence-electron chi connectivity index (χ3n) is 4.61. The molecule has 1 aliphatic carbocycles. The Bertz CT molecular complexity index is 858. The summed E-state index contributed by atoms with van der Waals surface area (Å²) in [6.45, 7) is 2.10. The fourth-order valence-electron chi connectivity index (χ4n) is 3.17. The van der Waals surface area contributed by atoms with E-state index < -0.39 is 16.5 Å². The zero-order chi connectivity index (χ0) is 17.3. The number of fused-ring (bicyclic) bond motifs is 1. The Balaban J connectivity index is 1.89. The molecule has 0 bridgehead atoms. The molecule has 1 heterocycles. The van der Waals surface area contributed by atoms with Crippen molar-refractivity contribution < 1.29 is 14.1 Å². The van der Waals surface area contributed by atoms with Crippen LogP contribution in [0.2, 0.25) is 0 Å². The lowest BCUT2D eigenvalue weighted by atomic mass is 9.86. The lowest BCUT2D eigenvalue weighted by molar-refractivity contribution is -0.384. The van der Waals surface area contributed by atoms with Crippen LogP contribution in [0.1, 0.15) is 43.2 Å². The van der Waals surface area contributed by atoms with E-state index in [9.17, 15) is 19.7 Å². The zero-order valence-electron chi connectivity index (χ0n) is 13.3. The van der Waals surface area contributed by atoms with Gasteiger partial charge in [0.2, 0.25) is 0 Å². The van der Waals surface area contributed by atoms with Crippen LogP contribution in [0.4, 0.5) is 5.69 Å². The molecular formula is C17H18N2O5. The van der Waals surface area contributed by atoms with E-state index in [1.54, 1.807) is 0 Å². The van der Waals surface area contributed by atoms with Gasteiger partial charge in [-0.05, 0) is 36.3 Å². The summed E-state index contributed by atoms with van der Waals surface area (Å²) in [5.41, 5.74) is -0.943. The molecule has 0 aliphatic heterocycles. The number of nitro groups is 1. The molecule has 1 N–H and O–H groups in total. The number of benzene rings is 1. The van der Waals surface area contributed by atoms with E-state index in [1.165, 1.54) is 18.2 Å². The highest BCUT2D eigenvalue weighted by molar-refractivity contribution is 5.95. The second-order valence-corrected chi connectivity index (χ2v) is 6.27. The van der Waals surface area contributed by atoms with Gasteiger partial charge in [-0.25, -0.2) is 4.79 Å². The molecule has 1 aromatic carbocycles. The van der Waals surface area contributed by atoms with Gasteiger partial charge in [-0.3, -0.25) is 14.9 Å². The first-order valence-corrected chi connectivity index (χ1v) is 7.99. The molecule has 0 saturated heterocycles. The highest BCUT2D eigenvalue weighted by atomic mass is 16.6. The van der Waals surface area contributed by atoms with E-state index in [1.807, 2.05) is 0 Å². The molecule has 1 aromatic heterocycles. The fraction of sp³-hybridized carbons (Fsp3) is 0.412. The number of carbonyl (C=O) groups is 1. The van der Waals surface area contributed by atoms with Gasteiger partial charge >= 0.3 is 5.63 Å². The minimum atomic E-state index is -0.752. The number of rotatable bonds is 3. The van der Waals surface area contributed by atoms with Gasteiger partial charge in [0.05, 0.1) is 10.3 Å². The Morgan fingerprint density at radius 1 is 1.29 bits per heavy atom. The highest BCUT2D eigenvalue weighted by Gasteiger charge is 2.24. The number of nitro benzene ring substituents is 1. The van der Waals surface area contributed by atoms with Crippen molar-refractivity contribution in [1.82, 2.24) is 5.32 Å². The number of hydrogen-bond acceptors (Lipinski definition) is 5. The van der Waals surface area contributed by atoms with Crippen molar-refractivity contribution in [3.05, 3.63) is 50.6 Å². The lowest BCUT2D eigenvalue weighted by Crippen LogP contribution is -2.41. The van der Waals surface area contributed by atoms with E-state index in [-0.39, 0.29) is 22.9 Å². The summed E-state index contributed by atoms with van der Waals surface area (Å²) in [5, 5.41) is 14.3. The van der Waals surface area contributed by atoms with Crippen LogP contribution in [0.5, 0.6) is 0 Å². The molecular weight excluding hydrogens is 312 g/mol. The minimum absolute atomic E-state index is 0.0703. The molecule has 2 atom stereocenters. The molecule has 126 valence electrons. The summed E-state index contributed by atoms with van der Waals surface area (Å²) in [5.74, 6) is -0.109. The molecule has 7 nitrogen and oxygen atoms in total. The second-order valence-electron chi connectivity index (χ2n) is 6.27. The summed E-state index contributed by atoms with van der Waals surface area (Å²) >= 11 is 0. The smallest absolute Gasteiger partial charge is 0.344 e. The van der Waals surface area contributed by atoms with Gasteiger partial charge in [-0.2, -0.15) is 0 Å². The first-order valence-electron chi connectivity index (χ1n) is 7.99. The Morgan fingerprint density at radius 3 is 2.75 bits per heavy atom. The third-order valence-corrected chi connectivity index (χ3v) is 4.61.